The van der Waals surface area contributed by atoms with Gasteiger partial charge in [0, 0.05) is 24.0 Å². The van der Waals surface area contributed by atoms with Crippen molar-refractivity contribution in [3.63, 3.8) is 0 Å². The third-order valence-corrected chi connectivity index (χ3v) is 2.73. The van der Waals surface area contributed by atoms with Gasteiger partial charge in [0.05, 0.1) is 12.7 Å². The average molecular weight is 264 g/mol. The molecule has 0 heterocycles. The van der Waals surface area contributed by atoms with Crippen LogP contribution in [-0.4, -0.2) is 25.8 Å². The molecule has 0 radical (unpaired) electrons. The van der Waals surface area contributed by atoms with Gasteiger partial charge >= 0.3 is 5.97 Å². The molecule has 1 aromatic rings. The van der Waals surface area contributed by atoms with Crippen LogP contribution in [0.25, 0.3) is 5.57 Å². The SMILES string of the molecule is CN/C(C)=C(\C(C)=N)c1cc(F)cc(C(=O)OC)c1. The Morgan fingerprint density at radius 3 is 2.32 bits per heavy atom. The fourth-order valence-electron chi connectivity index (χ4n) is 1.81. The van der Waals surface area contributed by atoms with E-state index in [2.05, 4.69) is 10.1 Å². The van der Waals surface area contributed by atoms with Gasteiger partial charge in [0.15, 0.2) is 0 Å². The van der Waals surface area contributed by atoms with Crippen molar-refractivity contribution in [2.75, 3.05) is 14.2 Å². The molecule has 2 N–H and O–H groups in total. The molecule has 0 aliphatic rings. The molecule has 1 aromatic carbocycles. The first-order chi connectivity index (χ1) is 8.90. The highest BCUT2D eigenvalue weighted by Gasteiger charge is 2.14. The van der Waals surface area contributed by atoms with Crippen LogP contribution in [0.2, 0.25) is 0 Å². The van der Waals surface area contributed by atoms with Gasteiger partial charge in [-0.3, -0.25) is 0 Å². The van der Waals surface area contributed by atoms with Gasteiger partial charge in [-0.2, -0.15) is 0 Å². The largest absolute Gasteiger partial charge is 0.465 e. The Kier molecular flexibility index (Phi) is 4.80. The molecule has 0 unspecified atom stereocenters. The number of hydrogen-bond acceptors (Lipinski definition) is 4. The third kappa shape index (κ3) is 3.40. The Hall–Kier alpha value is -2.17. The summed E-state index contributed by atoms with van der Waals surface area (Å²) >= 11 is 0. The minimum Gasteiger partial charge on any atom is -0.465 e. The van der Waals surface area contributed by atoms with Gasteiger partial charge in [0.2, 0.25) is 0 Å². The minimum absolute atomic E-state index is 0.125. The van der Waals surface area contributed by atoms with E-state index in [1.807, 2.05) is 0 Å². The van der Waals surface area contributed by atoms with Crippen molar-refractivity contribution in [1.82, 2.24) is 5.32 Å². The zero-order chi connectivity index (χ0) is 14.6. The monoisotopic (exact) mass is 264 g/mol. The Balaban J connectivity index is 3.45. The number of benzene rings is 1. The molecule has 4 nitrogen and oxygen atoms in total. The van der Waals surface area contributed by atoms with Crippen molar-refractivity contribution in [2.45, 2.75) is 13.8 Å². The number of carbonyl (C=O) groups is 1. The zero-order valence-electron chi connectivity index (χ0n) is 11.4. The highest BCUT2D eigenvalue weighted by Crippen LogP contribution is 2.22. The summed E-state index contributed by atoms with van der Waals surface area (Å²) in [6, 6.07) is 3.92. The summed E-state index contributed by atoms with van der Waals surface area (Å²) in [4.78, 5) is 11.5. The van der Waals surface area contributed by atoms with Crippen LogP contribution in [0.15, 0.2) is 23.9 Å². The Morgan fingerprint density at radius 1 is 1.26 bits per heavy atom. The molecular formula is C14H17FN2O2. The fraction of sp³-hybridized carbons (Fsp3) is 0.286. The van der Waals surface area contributed by atoms with Gasteiger partial charge in [0.25, 0.3) is 0 Å². The molecule has 0 aliphatic carbocycles. The maximum absolute atomic E-state index is 13.6. The second-order valence-corrected chi connectivity index (χ2v) is 4.10. The molecule has 19 heavy (non-hydrogen) atoms. The molecule has 0 aliphatic heterocycles. The third-order valence-electron chi connectivity index (χ3n) is 2.73. The number of methoxy groups -OCH3 is 1. The first kappa shape index (κ1) is 14.9. The molecule has 0 bridgehead atoms. The van der Waals surface area contributed by atoms with Gasteiger partial charge < -0.3 is 15.5 Å². The van der Waals surface area contributed by atoms with E-state index >= 15 is 0 Å². The molecule has 0 atom stereocenters. The molecule has 0 fully saturated rings. The van der Waals surface area contributed by atoms with Gasteiger partial charge in [-0.1, -0.05) is 0 Å². The van der Waals surface area contributed by atoms with E-state index < -0.39 is 11.8 Å². The lowest BCUT2D eigenvalue weighted by Crippen LogP contribution is -2.11. The van der Waals surface area contributed by atoms with Crippen LogP contribution >= 0.6 is 0 Å². The number of esters is 1. The normalized spacial score (nSPS) is 11.6. The van der Waals surface area contributed by atoms with E-state index in [1.54, 1.807) is 20.9 Å². The molecule has 0 aromatic heterocycles. The van der Waals surface area contributed by atoms with Crippen molar-refractivity contribution >= 4 is 17.3 Å². The van der Waals surface area contributed by atoms with E-state index in [0.29, 0.717) is 11.1 Å². The highest BCUT2D eigenvalue weighted by molar-refractivity contribution is 6.22. The second kappa shape index (κ2) is 6.13. The number of allylic oxidation sites excluding steroid dienone is 2. The molecule has 5 heteroatoms. The Labute approximate surface area is 111 Å². The molecule has 0 saturated carbocycles. The van der Waals surface area contributed by atoms with Gasteiger partial charge in [-0.15, -0.1) is 0 Å². The first-order valence-corrected chi connectivity index (χ1v) is 5.74. The zero-order valence-corrected chi connectivity index (χ0v) is 11.4. The average Bonchev–Trinajstić information content (AvgIpc) is 2.36. The predicted octanol–water partition coefficient (Wildman–Crippen LogP) is 2.60. The van der Waals surface area contributed by atoms with Gasteiger partial charge in [-0.25, -0.2) is 9.18 Å². The van der Waals surface area contributed by atoms with Crippen LogP contribution < -0.4 is 5.32 Å². The summed E-state index contributed by atoms with van der Waals surface area (Å²) in [6.45, 7) is 3.40. The number of halogens is 1. The molecule has 0 amide bonds. The number of carbonyl (C=O) groups excluding carboxylic acids is 1. The number of ether oxygens (including phenoxy) is 1. The molecular weight excluding hydrogens is 247 g/mol. The molecule has 0 spiro atoms. The van der Waals surface area contributed by atoms with Crippen molar-refractivity contribution in [2.24, 2.45) is 0 Å². The number of hydrogen-bond donors (Lipinski definition) is 2. The van der Waals surface area contributed by atoms with Crippen LogP contribution in [0, 0.1) is 11.2 Å². The van der Waals surface area contributed by atoms with Crippen molar-refractivity contribution in [3.05, 3.63) is 40.8 Å². The summed E-state index contributed by atoms with van der Waals surface area (Å²) in [5, 5.41) is 10.7. The van der Waals surface area contributed by atoms with E-state index in [1.165, 1.54) is 19.2 Å². The smallest absolute Gasteiger partial charge is 0.337 e. The van der Waals surface area contributed by atoms with Crippen LogP contribution in [0.4, 0.5) is 4.39 Å². The first-order valence-electron chi connectivity index (χ1n) is 5.74. The topological polar surface area (TPSA) is 62.2 Å². The summed E-state index contributed by atoms with van der Waals surface area (Å²) in [5.41, 5.74) is 2.18. The summed E-state index contributed by atoms with van der Waals surface area (Å²) in [5.74, 6) is -1.15. The molecule has 0 saturated heterocycles. The lowest BCUT2D eigenvalue weighted by molar-refractivity contribution is 0.0600. The Morgan fingerprint density at radius 2 is 1.84 bits per heavy atom. The summed E-state index contributed by atoms with van der Waals surface area (Å²) in [6.07, 6.45) is 0. The van der Waals surface area contributed by atoms with Crippen molar-refractivity contribution in [1.29, 1.82) is 5.41 Å². The van der Waals surface area contributed by atoms with Crippen LogP contribution in [0.5, 0.6) is 0 Å². The van der Waals surface area contributed by atoms with E-state index in [9.17, 15) is 9.18 Å². The standard InChI is InChI=1S/C14H17FN2O2/c1-8(16)13(9(2)17-3)10-5-11(14(18)19-4)7-12(15)6-10/h5-7,16-17H,1-4H3/b13-9+,16-8?. The van der Waals surface area contributed by atoms with Crippen LogP contribution in [0.1, 0.15) is 29.8 Å². The summed E-state index contributed by atoms with van der Waals surface area (Å²) < 4.78 is 18.2. The van der Waals surface area contributed by atoms with E-state index in [4.69, 9.17) is 5.41 Å². The maximum Gasteiger partial charge on any atom is 0.337 e. The lowest BCUT2D eigenvalue weighted by Gasteiger charge is -2.12. The number of rotatable bonds is 4. The fourth-order valence-corrected chi connectivity index (χ4v) is 1.81. The quantitative estimate of drug-likeness (QED) is 0.649. The van der Waals surface area contributed by atoms with E-state index in [0.717, 1.165) is 11.8 Å². The van der Waals surface area contributed by atoms with Crippen LogP contribution in [-0.2, 0) is 4.74 Å². The van der Waals surface area contributed by atoms with E-state index in [-0.39, 0.29) is 11.3 Å². The predicted molar refractivity (Wildman–Crippen MR) is 72.8 cm³/mol. The van der Waals surface area contributed by atoms with Crippen LogP contribution in [0.3, 0.4) is 0 Å². The van der Waals surface area contributed by atoms with Crippen molar-refractivity contribution in [3.8, 4) is 0 Å². The van der Waals surface area contributed by atoms with Gasteiger partial charge in [-0.05, 0) is 37.6 Å². The summed E-state index contributed by atoms with van der Waals surface area (Å²) in [7, 11) is 2.96. The Bertz CT molecular complexity index is 550. The molecule has 102 valence electrons. The van der Waals surface area contributed by atoms with Gasteiger partial charge in [0.1, 0.15) is 5.82 Å². The number of nitrogens with one attached hydrogen (secondary N) is 2. The van der Waals surface area contributed by atoms with Crippen molar-refractivity contribution < 1.29 is 13.9 Å². The minimum atomic E-state index is -0.607. The lowest BCUT2D eigenvalue weighted by atomic mass is 9.98. The highest BCUT2D eigenvalue weighted by atomic mass is 19.1. The maximum atomic E-state index is 13.6. The second-order valence-electron chi connectivity index (χ2n) is 4.10. The molecule has 1 rings (SSSR count).